The molecule has 0 radical (unpaired) electrons. The highest BCUT2D eigenvalue weighted by atomic mass is 31.2. The Morgan fingerprint density at radius 3 is 2.15 bits per heavy atom. The van der Waals surface area contributed by atoms with Gasteiger partial charge in [-0.1, -0.05) is 0 Å². The van der Waals surface area contributed by atoms with Crippen LogP contribution in [-0.2, 0) is 27.9 Å². The molecule has 39 heavy (non-hydrogen) atoms. The van der Waals surface area contributed by atoms with Crippen LogP contribution in [0.4, 0.5) is 0 Å². The Labute approximate surface area is 226 Å². The molecule has 1 aliphatic carbocycles. The minimum absolute atomic E-state index is 0.0625. The number of esters is 1. The quantitative estimate of drug-likeness (QED) is 0.308. The first-order chi connectivity index (χ1) is 18.8. The molecule has 212 valence electrons. The number of rotatable bonds is 11. The van der Waals surface area contributed by atoms with Crippen LogP contribution in [0.15, 0.2) is 24.3 Å². The lowest BCUT2D eigenvalue weighted by Gasteiger charge is -2.39. The van der Waals surface area contributed by atoms with Gasteiger partial charge >= 0.3 is 13.6 Å². The molecule has 4 atom stereocenters. The average molecular weight is 565 g/mol. The van der Waals surface area contributed by atoms with E-state index in [1.54, 1.807) is 26.0 Å². The average Bonchev–Trinajstić information content (AvgIpc) is 3.54. The number of ether oxygens (including phenoxy) is 6. The Balaban J connectivity index is 1.58. The minimum Gasteiger partial charge on any atom is -0.502 e. The summed E-state index contributed by atoms with van der Waals surface area (Å²) < 4.78 is 57.9. The summed E-state index contributed by atoms with van der Waals surface area (Å²) in [6.07, 6.45) is -0.493. The van der Waals surface area contributed by atoms with E-state index in [9.17, 15) is 14.5 Å². The number of methoxy groups -OCH3 is 2. The van der Waals surface area contributed by atoms with Gasteiger partial charge in [0, 0.05) is 11.8 Å². The van der Waals surface area contributed by atoms with Crippen molar-refractivity contribution in [3.8, 4) is 28.7 Å². The molecule has 11 nitrogen and oxygen atoms in total. The number of fused-ring (bicyclic) bond motifs is 3. The highest BCUT2D eigenvalue weighted by molar-refractivity contribution is 7.53. The fourth-order valence-electron chi connectivity index (χ4n) is 5.67. The smallest absolute Gasteiger partial charge is 0.332 e. The largest absolute Gasteiger partial charge is 0.502 e. The molecule has 2 aromatic rings. The molecule has 1 fully saturated rings. The van der Waals surface area contributed by atoms with E-state index in [-0.39, 0.29) is 68.5 Å². The van der Waals surface area contributed by atoms with Gasteiger partial charge in [-0.3, -0.25) is 9.36 Å². The molecular formula is C27H33O11P. The first kappa shape index (κ1) is 27.6. The van der Waals surface area contributed by atoms with Crippen molar-refractivity contribution in [1.29, 1.82) is 0 Å². The topological polar surface area (TPSA) is 128 Å². The number of cyclic esters (lactones) is 1. The van der Waals surface area contributed by atoms with Gasteiger partial charge in [-0.2, -0.15) is 0 Å². The molecule has 0 bridgehead atoms. The van der Waals surface area contributed by atoms with E-state index in [4.69, 9.17) is 37.5 Å². The zero-order valence-electron chi connectivity index (χ0n) is 22.3. The molecule has 12 heteroatoms. The van der Waals surface area contributed by atoms with E-state index in [0.29, 0.717) is 17.1 Å². The summed E-state index contributed by atoms with van der Waals surface area (Å²) in [4.78, 5) is 13.2. The van der Waals surface area contributed by atoms with Gasteiger partial charge in [0.1, 0.15) is 0 Å². The van der Waals surface area contributed by atoms with Crippen molar-refractivity contribution in [2.24, 2.45) is 11.8 Å². The molecule has 0 saturated carbocycles. The Morgan fingerprint density at radius 2 is 1.56 bits per heavy atom. The maximum absolute atomic E-state index is 13.2. The third-order valence-corrected chi connectivity index (χ3v) is 9.33. The van der Waals surface area contributed by atoms with Crippen LogP contribution in [0.1, 0.15) is 42.6 Å². The number of carbonyl (C=O) groups excluding carboxylic acids is 1. The monoisotopic (exact) mass is 564 g/mol. The van der Waals surface area contributed by atoms with Crippen LogP contribution >= 0.6 is 7.60 Å². The zero-order chi connectivity index (χ0) is 27.7. The lowest BCUT2D eigenvalue weighted by molar-refractivity contribution is -0.141. The second kappa shape index (κ2) is 11.3. The highest BCUT2D eigenvalue weighted by Gasteiger charge is 2.53. The van der Waals surface area contributed by atoms with E-state index >= 15 is 0 Å². The second-order valence-corrected chi connectivity index (χ2v) is 11.6. The summed E-state index contributed by atoms with van der Waals surface area (Å²) in [5.74, 6) is -0.362. The van der Waals surface area contributed by atoms with Gasteiger partial charge in [-0.05, 0) is 54.8 Å². The SMILES string of the molecule is CCOP(=O)(CCO[C@@H]1c2cc3c(cc2[C@@H](c2cc(OC)c(O)c(OC)c2)[C@H]2C(=O)OCC12)OCO3)OCC. The molecule has 5 rings (SSSR count). The van der Waals surface area contributed by atoms with Crippen LogP contribution in [0, 0.1) is 11.8 Å². The number of hydrogen-bond acceptors (Lipinski definition) is 11. The molecule has 1 saturated heterocycles. The van der Waals surface area contributed by atoms with Crippen LogP contribution in [0.3, 0.4) is 0 Å². The van der Waals surface area contributed by atoms with Crippen molar-refractivity contribution < 1.29 is 51.9 Å². The molecule has 0 amide bonds. The number of phenols is 1. The summed E-state index contributed by atoms with van der Waals surface area (Å²) in [7, 11) is -0.428. The van der Waals surface area contributed by atoms with Crippen molar-refractivity contribution in [3.63, 3.8) is 0 Å². The molecule has 1 unspecified atom stereocenters. The summed E-state index contributed by atoms with van der Waals surface area (Å²) in [5, 5.41) is 10.5. The first-order valence-corrected chi connectivity index (χ1v) is 14.6. The van der Waals surface area contributed by atoms with E-state index in [2.05, 4.69) is 0 Å². The zero-order valence-corrected chi connectivity index (χ0v) is 23.2. The van der Waals surface area contributed by atoms with E-state index in [1.165, 1.54) is 14.2 Å². The standard InChI is InChI=1S/C27H33O11P/c1-5-37-39(30,38-6-2)8-7-33-26-17-12-20-19(35-14-36-20)11-16(17)23(24-18(26)13-34-27(24)29)15-9-21(31-3)25(28)22(10-15)32-4/h9-12,18,23-24,26,28H,5-8,13-14H2,1-4H3/t18?,23-,24+,26-/m1/s1. The second-order valence-electron chi connectivity index (χ2n) is 9.37. The molecule has 2 aromatic carbocycles. The molecular weight excluding hydrogens is 531 g/mol. The van der Waals surface area contributed by atoms with Crippen LogP contribution in [0.2, 0.25) is 0 Å². The molecule has 1 N–H and O–H groups in total. The third kappa shape index (κ3) is 5.04. The van der Waals surface area contributed by atoms with Crippen LogP contribution in [0.25, 0.3) is 0 Å². The highest BCUT2D eigenvalue weighted by Crippen LogP contribution is 2.57. The fraction of sp³-hybridized carbons (Fsp3) is 0.519. The van der Waals surface area contributed by atoms with Crippen molar-refractivity contribution in [3.05, 3.63) is 41.0 Å². The first-order valence-electron chi connectivity index (χ1n) is 12.9. The maximum atomic E-state index is 13.2. The number of benzene rings is 2. The summed E-state index contributed by atoms with van der Waals surface area (Å²) in [6, 6.07) is 7.12. The Hall–Kier alpha value is -2.98. The van der Waals surface area contributed by atoms with E-state index in [0.717, 1.165) is 11.1 Å². The number of aromatic hydroxyl groups is 1. The summed E-state index contributed by atoms with van der Waals surface area (Å²) in [6.45, 7) is 4.33. The van der Waals surface area contributed by atoms with Crippen molar-refractivity contribution >= 4 is 13.6 Å². The fourth-order valence-corrected chi connectivity index (χ4v) is 7.12. The maximum Gasteiger partial charge on any atom is 0.332 e. The predicted octanol–water partition coefficient (Wildman–Crippen LogP) is 4.40. The summed E-state index contributed by atoms with van der Waals surface area (Å²) >= 11 is 0. The van der Waals surface area contributed by atoms with E-state index < -0.39 is 25.5 Å². The van der Waals surface area contributed by atoms with Crippen molar-refractivity contribution in [2.75, 3.05) is 53.6 Å². The van der Waals surface area contributed by atoms with Crippen molar-refractivity contribution in [1.82, 2.24) is 0 Å². The van der Waals surface area contributed by atoms with E-state index in [1.807, 2.05) is 12.1 Å². The van der Waals surface area contributed by atoms with Crippen LogP contribution < -0.4 is 18.9 Å². The van der Waals surface area contributed by atoms with Gasteiger partial charge in [-0.15, -0.1) is 0 Å². The number of hydrogen-bond donors (Lipinski definition) is 1. The van der Waals surface area contributed by atoms with Gasteiger partial charge in [0.05, 0.1) is 58.8 Å². The van der Waals surface area contributed by atoms with Crippen LogP contribution in [-0.4, -0.2) is 64.7 Å². The number of carbonyl (C=O) groups is 1. The van der Waals surface area contributed by atoms with Gasteiger partial charge in [0.2, 0.25) is 12.5 Å². The minimum atomic E-state index is -3.33. The third-order valence-electron chi connectivity index (χ3n) is 7.29. The molecule has 2 aliphatic heterocycles. The lowest BCUT2D eigenvalue weighted by Crippen LogP contribution is -2.36. The van der Waals surface area contributed by atoms with Gasteiger partial charge < -0.3 is 42.6 Å². The Morgan fingerprint density at radius 1 is 0.949 bits per heavy atom. The van der Waals surface area contributed by atoms with Gasteiger partial charge in [-0.25, -0.2) is 0 Å². The lowest BCUT2D eigenvalue weighted by atomic mass is 9.66. The van der Waals surface area contributed by atoms with Gasteiger partial charge in [0.25, 0.3) is 0 Å². The molecule has 0 spiro atoms. The Kier molecular flexibility index (Phi) is 7.96. The Bertz CT molecular complexity index is 1240. The van der Waals surface area contributed by atoms with Crippen molar-refractivity contribution in [2.45, 2.75) is 25.9 Å². The van der Waals surface area contributed by atoms with Gasteiger partial charge in [0.15, 0.2) is 23.0 Å². The molecule has 2 heterocycles. The molecule has 3 aliphatic rings. The predicted molar refractivity (Wildman–Crippen MR) is 138 cm³/mol. The molecule has 0 aromatic heterocycles. The normalized spacial score (nSPS) is 23.2. The summed E-state index contributed by atoms with van der Waals surface area (Å²) in [5.41, 5.74) is 2.29. The number of phenolic OH excluding ortho intramolecular Hbond substituents is 1. The van der Waals surface area contributed by atoms with Crippen LogP contribution in [0.5, 0.6) is 28.7 Å².